The van der Waals surface area contributed by atoms with Crippen LogP contribution in [0.4, 0.5) is 0 Å². The van der Waals surface area contributed by atoms with Crippen molar-refractivity contribution >= 4 is 11.9 Å². The lowest BCUT2D eigenvalue weighted by Gasteiger charge is -2.02. The monoisotopic (exact) mass is 338 g/mol. The van der Waals surface area contributed by atoms with Gasteiger partial charge in [-0.05, 0) is 51.4 Å². The molecular weight excluding hydrogens is 304 g/mol. The summed E-state index contributed by atoms with van der Waals surface area (Å²) >= 11 is 0. The number of carbonyl (C=O) groups excluding carboxylic acids is 2. The first-order valence-corrected chi connectivity index (χ1v) is 9.67. The van der Waals surface area contributed by atoms with E-state index in [1.54, 1.807) is 0 Å². The highest BCUT2D eigenvalue weighted by Gasteiger charge is 1.93. The summed E-state index contributed by atoms with van der Waals surface area (Å²) in [7, 11) is 0. The van der Waals surface area contributed by atoms with Crippen LogP contribution < -0.4 is 10.2 Å². The number of hydrogen-bond donors (Lipinski definition) is 0. The van der Waals surface area contributed by atoms with Gasteiger partial charge in [-0.25, -0.2) is 0 Å². The van der Waals surface area contributed by atoms with Gasteiger partial charge in [0.2, 0.25) is 0 Å². The van der Waals surface area contributed by atoms with Crippen LogP contribution in [0.25, 0.3) is 0 Å². The van der Waals surface area contributed by atoms with Crippen LogP contribution in [0.3, 0.4) is 0 Å². The van der Waals surface area contributed by atoms with Crippen LogP contribution in [0.2, 0.25) is 0 Å². The lowest BCUT2D eigenvalue weighted by Crippen LogP contribution is -2.21. The smallest absolute Gasteiger partial charge is 0.0414 e. The number of hydrogen-bond acceptors (Lipinski definition) is 4. The van der Waals surface area contributed by atoms with Gasteiger partial charge in [-0.2, -0.15) is 0 Å². The Labute approximate surface area is 147 Å². The molecule has 0 atom stereocenters. The van der Waals surface area contributed by atoms with Gasteiger partial charge >= 0.3 is 0 Å². The van der Waals surface area contributed by atoms with Crippen molar-refractivity contribution < 1.29 is 19.8 Å². The largest absolute Gasteiger partial charge is 0.550 e. The molecule has 0 saturated heterocycles. The molecule has 0 aromatic heterocycles. The van der Waals surface area contributed by atoms with E-state index < -0.39 is 11.9 Å². The van der Waals surface area contributed by atoms with Gasteiger partial charge in [-0.3, -0.25) is 0 Å². The Hall–Kier alpha value is -1.32. The van der Waals surface area contributed by atoms with Crippen molar-refractivity contribution in [1.82, 2.24) is 0 Å². The Bertz CT molecular complexity index is 305. The fourth-order valence-corrected chi connectivity index (χ4v) is 2.71. The van der Waals surface area contributed by atoms with Crippen molar-refractivity contribution in [3.8, 4) is 0 Å². The fraction of sp³-hybridized carbons (Fsp3) is 0.800. The standard InChI is InChI=1S/C20H36O4/c21-19(22)17-15-13-11-9-7-5-3-1-2-4-6-8-10-12-14-16-18-20(23)24/h1-2H,3-18H2,(H,21,22)(H,23,24)/p-2/b2-1+. The molecule has 0 amide bonds. The number of carbonyl (C=O) groups is 2. The van der Waals surface area contributed by atoms with Gasteiger partial charge in [0, 0.05) is 11.9 Å². The maximum absolute atomic E-state index is 10.2. The minimum Gasteiger partial charge on any atom is -0.550 e. The quantitative estimate of drug-likeness (QED) is 0.284. The Balaban J connectivity index is 3.11. The molecule has 0 fully saturated rings. The lowest BCUT2D eigenvalue weighted by atomic mass is 10.1. The third-order valence-electron chi connectivity index (χ3n) is 4.17. The Morgan fingerprint density at radius 2 is 0.792 bits per heavy atom. The molecule has 0 unspecified atom stereocenters. The molecule has 0 heterocycles. The van der Waals surface area contributed by atoms with E-state index in [0.29, 0.717) is 0 Å². The fourth-order valence-electron chi connectivity index (χ4n) is 2.71. The maximum Gasteiger partial charge on any atom is 0.0414 e. The molecule has 0 aliphatic carbocycles. The zero-order chi connectivity index (χ0) is 17.9. The second kappa shape index (κ2) is 18.0. The first-order valence-electron chi connectivity index (χ1n) is 9.67. The molecule has 0 bridgehead atoms. The normalized spacial score (nSPS) is 11.2. The Morgan fingerprint density at radius 3 is 1.12 bits per heavy atom. The summed E-state index contributed by atoms with van der Waals surface area (Å²) in [6.45, 7) is 0. The summed E-state index contributed by atoms with van der Waals surface area (Å²) in [5, 5.41) is 20.5. The van der Waals surface area contributed by atoms with E-state index in [1.165, 1.54) is 38.5 Å². The van der Waals surface area contributed by atoms with Gasteiger partial charge in [-0.1, -0.05) is 63.5 Å². The Kier molecular flexibility index (Phi) is 17.0. The van der Waals surface area contributed by atoms with Gasteiger partial charge in [-0.15, -0.1) is 0 Å². The molecular formula is C20H34O4-2. The molecule has 0 radical (unpaired) electrons. The zero-order valence-corrected chi connectivity index (χ0v) is 15.1. The molecule has 0 saturated carbocycles. The van der Waals surface area contributed by atoms with Gasteiger partial charge in [0.25, 0.3) is 0 Å². The van der Waals surface area contributed by atoms with Crippen LogP contribution in [0, 0.1) is 0 Å². The Morgan fingerprint density at radius 1 is 0.500 bits per heavy atom. The summed E-state index contributed by atoms with van der Waals surface area (Å²) in [4.78, 5) is 20.5. The average molecular weight is 338 g/mol. The van der Waals surface area contributed by atoms with Crippen LogP contribution >= 0.6 is 0 Å². The van der Waals surface area contributed by atoms with Crippen LogP contribution in [0.15, 0.2) is 12.2 Å². The number of rotatable bonds is 18. The SMILES string of the molecule is O=C([O-])CCCCCCCC/C=C/CCCCCCCCC(=O)[O-]. The van der Waals surface area contributed by atoms with Gasteiger partial charge in [0.15, 0.2) is 0 Å². The van der Waals surface area contributed by atoms with E-state index in [1.807, 2.05) is 0 Å². The first kappa shape index (κ1) is 22.7. The molecule has 0 rings (SSSR count). The number of allylic oxidation sites excluding steroid dienone is 2. The van der Waals surface area contributed by atoms with Crippen molar-refractivity contribution in [2.24, 2.45) is 0 Å². The van der Waals surface area contributed by atoms with Gasteiger partial charge < -0.3 is 19.8 Å². The highest BCUT2D eigenvalue weighted by Crippen LogP contribution is 2.10. The number of aliphatic carboxylic acids is 2. The third-order valence-corrected chi connectivity index (χ3v) is 4.17. The number of carboxylic acids is 2. The average Bonchev–Trinajstić information content (AvgIpc) is 2.53. The van der Waals surface area contributed by atoms with Crippen LogP contribution in [0.5, 0.6) is 0 Å². The lowest BCUT2D eigenvalue weighted by molar-refractivity contribution is -0.307. The maximum atomic E-state index is 10.2. The second-order valence-corrected chi connectivity index (χ2v) is 6.54. The van der Waals surface area contributed by atoms with Crippen LogP contribution in [0.1, 0.15) is 103 Å². The highest BCUT2D eigenvalue weighted by molar-refractivity contribution is 5.64. The second-order valence-electron chi connectivity index (χ2n) is 6.54. The van der Waals surface area contributed by atoms with Crippen LogP contribution in [-0.2, 0) is 9.59 Å². The zero-order valence-electron chi connectivity index (χ0n) is 15.1. The molecule has 0 aromatic rings. The third kappa shape index (κ3) is 20.7. The predicted octanol–water partition coefficient (Wildman–Crippen LogP) is 3.28. The molecule has 0 N–H and O–H groups in total. The van der Waals surface area contributed by atoms with E-state index in [4.69, 9.17) is 0 Å². The number of unbranched alkanes of at least 4 members (excludes halogenated alkanes) is 12. The van der Waals surface area contributed by atoms with E-state index in [2.05, 4.69) is 12.2 Å². The van der Waals surface area contributed by atoms with E-state index in [9.17, 15) is 19.8 Å². The molecule has 4 heteroatoms. The van der Waals surface area contributed by atoms with Crippen molar-refractivity contribution in [3.63, 3.8) is 0 Å². The first-order chi connectivity index (χ1) is 11.6. The minimum absolute atomic E-state index is 0.197. The number of carboxylic acid groups (broad SMARTS) is 2. The minimum atomic E-state index is -0.934. The topological polar surface area (TPSA) is 80.3 Å². The summed E-state index contributed by atoms with van der Waals surface area (Å²) in [6, 6.07) is 0. The summed E-state index contributed by atoms with van der Waals surface area (Å²) in [5.41, 5.74) is 0. The van der Waals surface area contributed by atoms with Crippen molar-refractivity contribution in [3.05, 3.63) is 12.2 Å². The highest BCUT2D eigenvalue weighted by atomic mass is 16.4. The van der Waals surface area contributed by atoms with E-state index in [-0.39, 0.29) is 12.8 Å². The van der Waals surface area contributed by atoms with E-state index in [0.717, 1.165) is 51.4 Å². The molecule has 0 spiro atoms. The van der Waals surface area contributed by atoms with Gasteiger partial charge in [0.1, 0.15) is 0 Å². The van der Waals surface area contributed by atoms with Crippen molar-refractivity contribution in [1.29, 1.82) is 0 Å². The van der Waals surface area contributed by atoms with Crippen LogP contribution in [-0.4, -0.2) is 11.9 Å². The van der Waals surface area contributed by atoms with E-state index >= 15 is 0 Å². The molecule has 0 aliphatic rings. The van der Waals surface area contributed by atoms with Crippen molar-refractivity contribution in [2.45, 2.75) is 103 Å². The summed E-state index contributed by atoms with van der Waals surface area (Å²) in [5.74, 6) is -1.87. The predicted molar refractivity (Wildman–Crippen MR) is 93.0 cm³/mol. The molecule has 140 valence electrons. The summed E-state index contributed by atoms with van der Waals surface area (Å²) in [6.07, 6.45) is 20.2. The molecule has 24 heavy (non-hydrogen) atoms. The van der Waals surface area contributed by atoms with Crippen molar-refractivity contribution in [2.75, 3.05) is 0 Å². The molecule has 0 aliphatic heterocycles. The molecule has 0 aromatic carbocycles. The summed E-state index contributed by atoms with van der Waals surface area (Å²) < 4.78 is 0. The molecule has 4 nitrogen and oxygen atoms in total. The van der Waals surface area contributed by atoms with Gasteiger partial charge in [0.05, 0.1) is 0 Å².